The van der Waals surface area contributed by atoms with Gasteiger partial charge in [-0.1, -0.05) is 31.5 Å². The summed E-state index contributed by atoms with van der Waals surface area (Å²) in [6, 6.07) is 7.47. The van der Waals surface area contributed by atoms with Crippen LogP contribution in [0.4, 0.5) is 0 Å². The van der Waals surface area contributed by atoms with E-state index in [2.05, 4.69) is 40.1 Å². The number of benzene rings is 1. The molecule has 114 valence electrons. The lowest BCUT2D eigenvalue weighted by Gasteiger charge is -2.05. The van der Waals surface area contributed by atoms with Crippen molar-refractivity contribution in [2.24, 2.45) is 0 Å². The van der Waals surface area contributed by atoms with Crippen molar-refractivity contribution in [3.63, 3.8) is 0 Å². The van der Waals surface area contributed by atoms with E-state index in [0.29, 0.717) is 5.75 Å². The Hall–Kier alpha value is -1.81. The lowest BCUT2D eigenvalue weighted by atomic mass is 10.2. The summed E-state index contributed by atoms with van der Waals surface area (Å²) in [5.74, 6) is 0.368. The van der Waals surface area contributed by atoms with Crippen LogP contribution in [0, 0.1) is 0 Å². The summed E-state index contributed by atoms with van der Waals surface area (Å²) in [6.45, 7) is 6.01. The molecular formula is C17H26N3O+. The summed E-state index contributed by atoms with van der Waals surface area (Å²) in [7, 11) is 0. The summed E-state index contributed by atoms with van der Waals surface area (Å²) >= 11 is 0. The maximum Gasteiger partial charge on any atom is 0.243 e. The first kappa shape index (κ1) is 15.6. The number of aromatic hydroxyl groups is 1. The minimum atomic E-state index is 0.368. The molecule has 0 atom stereocenters. The first-order valence-electron chi connectivity index (χ1n) is 7.82. The third kappa shape index (κ3) is 5.23. The second kappa shape index (κ2) is 8.47. The summed E-state index contributed by atoms with van der Waals surface area (Å²) in [6.07, 6.45) is 10.0. The number of phenols is 1. The first-order valence-corrected chi connectivity index (χ1v) is 7.82. The van der Waals surface area contributed by atoms with Gasteiger partial charge in [-0.2, -0.15) is 0 Å². The minimum Gasteiger partial charge on any atom is -0.508 e. The van der Waals surface area contributed by atoms with Gasteiger partial charge in [0, 0.05) is 12.1 Å². The average Bonchev–Trinajstić information content (AvgIpc) is 2.94. The van der Waals surface area contributed by atoms with E-state index in [1.807, 2.05) is 18.2 Å². The number of hydrogen-bond acceptors (Lipinski definition) is 2. The number of para-hydroxylation sites is 1. The fourth-order valence-corrected chi connectivity index (χ4v) is 2.31. The molecule has 2 aromatic rings. The van der Waals surface area contributed by atoms with E-state index in [9.17, 15) is 5.11 Å². The number of nitrogens with one attached hydrogen (secondary N) is 1. The summed E-state index contributed by atoms with van der Waals surface area (Å²) in [4.78, 5) is 0. The molecule has 4 nitrogen and oxygen atoms in total. The molecule has 1 aromatic carbocycles. The highest BCUT2D eigenvalue weighted by Crippen LogP contribution is 2.14. The number of aryl methyl sites for hydroxylation is 2. The van der Waals surface area contributed by atoms with Gasteiger partial charge in [-0.15, -0.1) is 0 Å². The molecule has 0 saturated heterocycles. The predicted octanol–water partition coefficient (Wildman–Crippen LogP) is 2.46. The molecule has 2 rings (SSSR count). The standard InChI is InChI=1S/C17H25N3O/c1-2-3-10-19-12-13-20(15-19)11-6-9-18-14-16-7-4-5-8-17(16)21/h4-5,7-8,12-13,15,18H,2-3,6,9-11,14H2,1H3/p+1. The maximum atomic E-state index is 9.67. The molecule has 0 unspecified atom stereocenters. The minimum absolute atomic E-state index is 0.368. The number of imidazole rings is 1. The molecule has 0 aliphatic carbocycles. The molecule has 0 fully saturated rings. The number of rotatable bonds is 9. The highest BCUT2D eigenvalue weighted by molar-refractivity contribution is 5.31. The van der Waals surface area contributed by atoms with Crippen molar-refractivity contribution in [3.05, 3.63) is 48.5 Å². The number of unbranched alkanes of at least 4 members (excludes halogenated alkanes) is 1. The van der Waals surface area contributed by atoms with Crippen LogP contribution in [0.2, 0.25) is 0 Å². The highest BCUT2D eigenvalue weighted by atomic mass is 16.3. The van der Waals surface area contributed by atoms with Gasteiger partial charge in [0.2, 0.25) is 6.33 Å². The number of aromatic nitrogens is 2. The van der Waals surface area contributed by atoms with E-state index < -0.39 is 0 Å². The van der Waals surface area contributed by atoms with E-state index in [1.165, 1.54) is 12.8 Å². The Bertz CT molecular complexity index is 536. The summed E-state index contributed by atoms with van der Waals surface area (Å²) < 4.78 is 4.48. The largest absolute Gasteiger partial charge is 0.508 e. The average molecular weight is 288 g/mol. The zero-order valence-electron chi connectivity index (χ0n) is 12.8. The van der Waals surface area contributed by atoms with Crippen LogP contribution in [0.3, 0.4) is 0 Å². The van der Waals surface area contributed by atoms with Crippen LogP contribution in [0.25, 0.3) is 0 Å². The topological polar surface area (TPSA) is 41.1 Å². The van der Waals surface area contributed by atoms with Gasteiger partial charge in [0.15, 0.2) is 0 Å². The van der Waals surface area contributed by atoms with Crippen LogP contribution in [0.15, 0.2) is 43.0 Å². The van der Waals surface area contributed by atoms with E-state index in [1.54, 1.807) is 6.07 Å². The molecule has 1 aromatic heterocycles. The Morgan fingerprint density at radius 3 is 2.90 bits per heavy atom. The van der Waals surface area contributed by atoms with Gasteiger partial charge in [0.1, 0.15) is 18.1 Å². The van der Waals surface area contributed by atoms with Crippen LogP contribution in [0.1, 0.15) is 31.7 Å². The van der Waals surface area contributed by atoms with E-state index in [-0.39, 0.29) is 0 Å². The molecule has 0 radical (unpaired) electrons. The molecular weight excluding hydrogens is 262 g/mol. The van der Waals surface area contributed by atoms with Crippen LogP contribution in [-0.4, -0.2) is 16.2 Å². The lowest BCUT2D eigenvalue weighted by molar-refractivity contribution is -0.696. The quantitative estimate of drug-likeness (QED) is 0.550. The fourth-order valence-electron chi connectivity index (χ4n) is 2.31. The van der Waals surface area contributed by atoms with E-state index >= 15 is 0 Å². The maximum absolute atomic E-state index is 9.67. The van der Waals surface area contributed by atoms with Crippen molar-refractivity contribution >= 4 is 0 Å². The van der Waals surface area contributed by atoms with Gasteiger partial charge in [-0.3, -0.25) is 0 Å². The third-order valence-corrected chi connectivity index (χ3v) is 3.59. The second-order valence-corrected chi connectivity index (χ2v) is 5.40. The van der Waals surface area contributed by atoms with Crippen molar-refractivity contribution in [3.8, 4) is 5.75 Å². The van der Waals surface area contributed by atoms with Crippen molar-refractivity contribution in [2.75, 3.05) is 6.54 Å². The Balaban J connectivity index is 1.63. The number of hydrogen-bond donors (Lipinski definition) is 2. The molecule has 0 aliphatic rings. The summed E-state index contributed by atoms with van der Waals surface area (Å²) in [5.41, 5.74) is 0.955. The number of nitrogens with zero attached hydrogens (tertiary/aromatic N) is 2. The Morgan fingerprint density at radius 1 is 1.24 bits per heavy atom. The normalized spacial score (nSPS) is 10.9. The predicted molar refractivity (Wildman–Crippen MR) is 84.0 cm³/mol. The molecule has 0 amide bonds. The van der Waals surface area contributed by atoms with Crippen LogP contribution >= 0.6 is 0 Å². The SMILES string of the molecule is CCCCn1cc[n+](CCCNCc2ccccc2O)c1. The van der Waals surface area contributed by atoms with E-state index in [4.69, 9.17) is 0 Å². The van der Waals surface area contributed by atoms with Crippen LogP contribution in [-0.2, 0) is 19.6 Å². The van der Waals surface area contributed by atoms with Crippen molar-refractivity contribution in [2.45, 2.75) is 45.8 Å². The number of phenolic OH excluding ortho intramolecular Hbond substituents is 1. The molecule has 0 aliphatic heterocycles. The van der Waals surface area contributed by atoms with Crippen molar-refractivity contribution < 1.29 is 9.67 Å². The van der Waals surface area contributed by atoms with Gasteiger partial charge in [-0.05, 0) is 25.5 Å². The molecule has 1 heterocycles. The van der Waals surface area contributed by atoms with Gasteiger partial charge < -0.3 is 10.4 Å². The Kier molecular flexibility index (Phi) is 6.28. The second-order valence-electron chi connectivity index (χ2n) is 5.40. The first-order chi connectivity index (χ1) is 10.3. The van der Waals surface area contributed by atoms with Gasteiger partial charge in [0.05, 0.1) is 13.1 Å². The zero-order valence-corrected chi connectivity index (χ0v) is 12.8. The van der Waals surface area contributed by atoms with Crippen molar-refractivity contribution in [1.29, 1.82) is 0 Å². The fraction of sp³-hybridized carbons (Fsp3) is 0.471. The van der Waals surface area contributed by atoms with Gasteiger partial charge in [0.25, 0.3) is 0 Å². The summed E-state index contributed by atoms with van der Waals surface area (Å²) in [5, 5.41) is 13.0. The molecule has 2 N–H and O–H groups in total. The van der Waals surface area contributed by atoms with Gasteiger partial charge >= 0.3 is 0 Å². The Morgan fingerprint density at radius 2 is 2.10 bits per heavy atom. The van der Waals surface area contributed by atoms with Crippen LogP contribution in [0.5, 0.6) is 5.75 Å². The van der Waals surface area contributed by atoms with Crippen molar-refractivity contribution in [1.82, 2.24) is 9.88 Å². The smallest absolute Gasteiger partial charge is 0.243 e. The molecule has 0 saturated carbocycles. The van der Waals surface area contributed by atoms with Gasteiger partial charge in [-0.25, -0.2) is 9.13 Å². The third-order valence-electron chi connectivity index (χ3n) is 3.59. The molecule has 4 heteroatoms. The molecule has 21 heavy (non-hydrogen) atoms. The van der Waals surface area contributed by atoms with Crippen LogP contribution < -0.4 is 9.88 Å². The lowest BCUT2D eigenvalue weighted by Crippen LogP contribution is -2.33. The molecule has 0 bridgehead atoms. The monoisotopic (exact) mass is 288 g/mol. The zero-order chi connectivity index (χ0) is 14.9. The van der Waals surface area contributed by atoms with E-state index in [0.717, 1.165) is 38.2 Å². The molecule has 0 spiro atoms. The highest BCUT2D eigenvalue weighted by Gasteiger charge is 2.03. The Labute approximate surface area is 127 Å².